The Morgan fingerprint density at radius 3 is 1.85 bits per heavy atom. The molecule has 0 aliphatic carbocycles. The summed E-state index contributed by atoms with van der Waals surface area (Å²) in [6, 6.07) is 5.96. The highest BCUT2D eigenvalue weighted by molar-refractivity contribution is 6.31. The maximum atomic E-state index is 11.3. The van der Waals surface area contributed by atoms with E-state index in [1.165, 1.54) is 12.1 Å². The van der Waals surface area contributed by atoms with Crippen molar-refractivity contribution in [3.8, 4) is 0 Å². The Balaban J connectivity index is 0.000000511. The average Bonchev–Trinajstić information content (AvgIpc) is 2.39. The molecule has 0 heterocycles. The van der Waals surface area contributed by atoms with Crippen molar-refractivity contribution in [1.82, 2.24) is 0 Å². The van der Waals surface area contributed by atoms with Gasteiger partial charge in [-0.2, -0.15) is 0 Å². The monoisotopic (exact) mass is 282 g/mol. The zero-order valence-electron chi connectivity index (χ0n) is 11.0. The number of carboxylic acids is 2. The molecule has 1 rings (SSSR count). The van der Waals surface area contributed by atoms with Gasteiger partial charge in [0.1, 0.15) is 0 Å². The second kappa shape index (κ2) is 8.41. The van der Waals surface area contributed by atoms with Crippen molar-refractivity contribution in [3.63, 3.8) is 0 Å². The second-order valence-electron chi connectivity index (χ2n) is 3.43. The Kier molecular flexibility index (Phi) is 7.27. The number of esters is 1. The van der Waals surface area contributed by atoms with Crippen molar-refractivity contribution in [3.05, 3.63) is 35.4 Å². The van der Waals surface area contributed by atoms with Crippen LogP contribution in [-0.2, 0) is 14.3 Å². The van der Waals surface area contributed by atoms with Crippen LogP contribution in [0, 0.1) is 0 Å². The third kappa shape index (κ3) is 5.76. The minimum absolute atomic E-state index is 0.0362. The van der Waals surface area contributed by atoms with Gasteiger partial charge in [0.05, 0.1) is 17.7 Å². The van der Waals surface area contributed by atoms with Gasteiger partial charge in [0.15, 0.2) is 0 Å². The molecule has 0 spiro atoms. The lowest BCUT2D eigenvalue weighted by Crippen LogP contribution is -2.11. The fourth-order valence-corrected chi connectivity index (χ4v) is 1.06. The van der Waals surface area contributed by atoms with Gasteiger partial charge in [-0.3, -0.25) is 4.79 Å². The Hall–Kier alpha value is -2.70. The largest absolute Gasteiger partial charge is 0.478 e. The Labute approximate surface area is 114 Å². The second-order valence-corrected chi connectivity index (χ2v) is 3.43. The number of aliphatic carboxylic acids is 1. The summed E-state index contributed by atoms with van der Waals surface area (Å²) < 4.78 is 4.72. The number of hydrogen-bond donors (Lipinski definition) is 2. The number of aromatic carboxylic acids is 1. The minimum atomic E-state index is -1.38. The maximum Gasteiger partial charge on any atom is 0.371 e. The molecular formula is C13H14O7. The highest BCUT2D eigenvalue weighted by Gasteiger charge is 2.15. The van der Waals surface area contributed by atoms with E-state index in [0.717, 1.165) is 6.92 Å². The quantitative estimate of drug-likeness (QED) is 0.629. The highest BCUT2D eigenvalue weighted by Crippen LogP contribution is 2.09. The molecule has 7 heteroatoms. The van der Waals surface area contributed by atoms with Gasteiger partial charge in [0.25, 0.3) is 0 Å². The van der Waals surface area contributed by atoms with Gasteiger partial charge < -0.3 is 14.9 Å². The van der Waals surface area contributed by atoms with Gasteiger partial charge in [0.2, 0.25) is 5.78 Å². The normalized spacial score (nSPS) is 8.90. The molecule has 0 aliphatic rings. The smallest absolute Gasteiger partial charge is 0.371 e. The van der Waals surface area contributed by atoms with Crippen molar-refractivity contribution >= 4 is 23.7 Å². The first-order valence-electron chi connectivity index (χ1n) is 5.54. The van der Waals surface area contributed by atoms with Crippen molar-refractivity contribution in [2.45, 2.75) is 13.8 Å². The van der Waals surface area contributed by atoms with Crippen molar-refractivity contribution in [2.24, 2.45) is 0 Å². The summed E-state index contributed by atoms with van der Waals surface area (Å²) in [5, 5.41) is 16.4. The van der Waals surface area contributed by atoms with Gasteiger partial charge in [0, 0.05) is 6.92 Å². The topological polar surface area (TPSA) is 118 Å². The molecule has 0 radical (unpaired) electrons. The standard InChI is InChI=1S/C10H10O4.C3H4O3/c1-2-14-10(13)8-6-4-3-5-7(8)9(11)12;1-2(4)3(5)6/h3-6H,2H2,1H3,(H,11,12);1H3,(H,5,6). The van der Waals surface area contributed by atoms with Gasteiger partial charge in [-0.15, -0.1) is 0 Å². The molecular weight excluding hydrogens is 268 g/mol. The highest BCUT2D eigenvalue weighted by atomic mass is 16.5. The molecule has 0 atom stereocenters. The number of ether oxygens (including phenoxy) is 1. The van der Waals surface area contributed by atoms with Crippen molar-refractivity contribution in [1.29, 1.82) is 0 Å². The van der Waals surface area contributed by atoms with E-state index >= 15 is 0 Å². The lowest BCUT2D eigenvalue weighted by atomic mass is 10.1. The lowest BCUT2D eigenvalue weighted by Gasteiger charge is -2.04. The predicted octanol–water partition coefficient (Wildman–Crippen LogP) is 1.22. The van der Waals surface area contributed by atoms with E-state index in [4.69, 9.17) is 14.9 Å². The van der Waals surface area contributed by atoms with E-state index in [1.807, 2.05) is 0 Å². The van der Waals surface area contributed by atoms with Gasteiger partial charge >= 0.3 is 17.9 Å². The molecule has 0 saturated carbocycles. The van der Waals surface area contributed by atoms with Crippen LogP contribution in [0.1, 0.15) is 34.6 Å². The van der Waals surface area contributed by atoms with Crippen LogP contribution in [0.4, 0.5) is 0 Å². The molecule has 20 heavy (non-hydrogen) atoms. The first-order valence-corrected chi connectivity index (χ1v) is 5.54. The van der Waals surface area contributed by atoms with Crippen LogP contribution in [0.25, 0.3) is 0 Å². The van der Waals surface area contributed by atoms with Crippen LogP contribution in [0.2, 0.25) is 0 Å². The molecule has 1 aromatic carbocycles. The summed E-state index contributed by atoms with van der Waals surface area (Å²) in [4.78, 5) is 40.9. The summed E-state index contributed by atoms with van der Waals surface area (Å²) in [6.07, 6.45) is 0. The number of carbonyl (C=O) groups excluding carboxylic acids is 2. The summed E-state index contributed by atoms with van der Waals surface area (Å²) in [7, 11) is 0. The Bertz CT molecular complexity index is 507. The zero-order chi connectivity index (χ0) is 15.7. The van der Waals surface area contributed by atoms with Crippen LogP contribution in [0.3, 0.4) is 0 Å². The molecule has 7 nitrogen and oxygen atoms in total. The maximum absolute atomic E-state index is 11.3. The number of benzene rings is 1. The SMILES string of the molecule is CC(=O)C(=O)O.CCOC(=O)c1ccccc1C(=O)O. The first kappa shape index (κ1) is 17.3. The van der Waals surface area contributed by atoms with Crippen LogP contribution in [0.15, 0.2) is 24.3 Å². The summed E-state index contributed by atoms with van der Waals surface area (Å²) >= 11 is 0. The van der Waals surface area contributed by atoms with Crippen LogP contribution >= 0.6 is 0 Å². The van der Waals surface area contributed by atoms with Gasteiger partial charge in [-0.25, -0.2) is 14.4 Å². The lowest BCUT2D eigenvalue weighted by molar-refractivity contribution is -0.148. The minimum Gasteiger partial charge on any atom is -0.478 e. The van der Waals surface area contributed by atoms with E-state index in [0.29, 0.717) is 0 Å². The number of ketones is 1. The fraction of sp³-hybridized carbons (Fsp3) is 0.231. The predicted molar refractivity (Wildman–Crippen MR) is 67.7 cm³/mol. The molecule has 108 valence electrons. The van der Waals surface area contributed by atoms with Crippen LogP contribution < -0.4 is 0 Å². The van der Waals surface area contributed by atoms with Crippen LogP contribution in [-0.4, -0.2) is 40.5 Å². The molecule has 0 fully saturated rings. The van der Waals surface area contributed by atoms with E-state index in [-0.39, 0.29) is 17.7 Å². The summed E-state index contributed by atoms with van der Waals surface area (Å²) in [5.74, 6) is -3.94. The first-order chi connectivity index (χ1) is 9.31. The third-order valence-electron chi connectivity index (χ3n) is 1.95. The van der Waals surface area contributed by atoms with Gasteiger partial charge in [-0.05, 0) is 19.1 Å². The van der Waals surface area contributed by atoms with E-state index in [1.54, 1.807) is 19.1 Å². The fourth-order valence-electron chi connectivity index (χ4n) is 1.06. The van der Waals surface area contributed by atoms with E-state index < -0.39 is 23.7 Å². The Morgan fingerprint density at radius 2 is 1.50 bits per heavy atom. The number of hydrogen-bond acceptors (Lipinski definition) is 5. The molecule has 0 aromatic heterocycles. The molecule has 0 bridgehead atoms. The molecule has 0 saturated heterocycles. The molecule has 0 unspecified atom stereocenters. The van der Waals surface area contributed by atoms with E-state index in [2.05, 4.69) is 0 Å². The number of carboxylic acid groups (broad SMARTS) is 2. The zero-order valence-corrected chi connectivity index (χ0v) is 11.0. The number of carbonyl (C=O) groups is 4. The molecule has 0 amide bonds. The van der Waals surface area contributed by atoms with Crippen molar-refractivity contribution < 1.29 is 34.1 Å². The Morgan fingerprint density at radius 1 is 1.05 bits per heavy atom. The average molecular weight is 282 g/mol. The van der Waals surface area contributed by atoms with E-state index in [9.17, 15) is 19.2 Å². The van der Waals surface area contributed by atoms with Crippen LogP contribution in [0.5, 0.6) is 0 Å². The third-order valence-corrected chi connectivity index (χ3v) is 1.95. The molecule has 2 N–H and O–H groups in total. The molecule has 1 aromatic rings. The summed E-state index contributed by atoms with van der Waals surface area (Å²) in [5.41, 5.74) is 0.0489. The molecule has 0 aliphatic heterocycles. The number of Topliss-reactive ketones (excluding diaryl/α,β-unsaturated/α-hetero) is 1. The van der Waals surface area contributed by atoms with Crippen molar-refractivity contribution in [2.75, 3.05) is 6.61 Å². The van der Waals surface area contributed by atoms with Gasteiger partial charge in [-0.1, -0.05) is 12.1 Å². The summed E-state index contributed by atoms with van der Waals surface area (Å²) in [6.45, 7) is 2.90. The number of rotatable bonds is 4.